The summed E-state index contributed by atoms with van der Waals surface area (Å²) in [6.07, 6.45) is 0. The van der Waals surface area contributed by atoms with Crippen molar-refractivity contribution in [3.8, 4) is 11.5 Å². The molecule has 35 heavy (non-hydrogen) atoms. The van der Waals surface area contributed by atoms with Gasteiger partial charge in [-0.15, -0.1) is 0 Å². The lowest BCUT2D eigenvalue weighted by atomic mass is 10.1. The molecule has 1 aliphatic heterocycles. The summed E-state index contributed by atoms with van der Waals surface area (Å²) in [6, 6.07) is 21.8. The van der Waals surface area contributed by atoms with Crippen LogP contribution in [0.1, 0.15) is 21.5 Å². The van der Waals surface area contributed by atoms with Crippen LogP contribution in [0.15, 0.2) is 71.2 Å². The number of ether oxygens (including phenoxy) is 2. The molecule has 0 aliphatic carbocycles. The summed E-state index contributed by atoms with van der Waals surface area (Å²) in [5.41, 5.74) is 3.68. The summed E-state index contributed by atoms with van der Waals surface area (Å²) < 4.78 is 12.0. The number of methoxy groups -OCH3 is 2. The Morgan fingerprint density at radius 2 is 1.66 bits per heavy atom. The second kappa shape index (κ2) is 11.6. The second-order valence-electron chi connectivity index (χ2n) is 8.78. The summed E-state index contributed by atoms with van der Waals surface area (Å²) in [5, 5.41) is 0. The van der Waals surface area contributed by atoms with Crippen LogP contribution >= 0.6 is 15.9 Å². The zero-order valence-corrected chi connectivity index (χ0v) is 22.1. The smallest absolute Gasteiger partial charge is 0.256 e. The zero-order valence-electron chi connectivity index (χ0n) is 20.5. The minimum atomic E-state index is -0.00634. The van der Waals surface area contributed by atoms with E-state index < -0.39 is 0 Å². The Balaban J connectivity index is 1.69. The van der Waals surface area contributed by atoms with Crippen LogP contribution in [0.25, 0.3) is 0 Å². The highest BCUT2D eigenvalue weighted by atomic mass is 79.9. The summed E-state index contributed by atoms with van der Waals surface area (Å²) in [5.74, 6) is 1.41. The van der Waals surface area contributed by atoms with Gasteiger partial charge in [-0.1, -0.05) is 46.3 Å². The molecule has 0 N–H and O–H groups in total. The molecule has 1 saturated heterocycles. The van der Waals surface area contributed by atoms with Crippen molar-refractivity contribution in [3.05, 3.63) is 87.9 Å². The quantitative estimate of drug-likeness (QED) is 0.401. The van der Waals surface area contributed by atoms with Gasteiger partial charge in [0.15, 0.2) is 0 Å². The van der Waals surface area contributed by atoms with Gasteiger partial charge in [0, 0.05) is 55.4 Å². The third kappa shape index (κ3) is 6.16. The lowest BCUT2D eigenvalue weighted by Crippen LogP contribution is -2.45. The molecule has 0 aromatic heterocycles. The van der Waals surface area contributed by atoms with Gasteiger partial charge in [-0.3, -0.25) is 4.79 Å². The van der Waals surface area contributed by atoms with Gasteiger partial charge in [0.25, 0.3) is 5.91 Å². The summed E-state index contributed by atoms with van der Waals surface area (Å²) in [7, 11) is 5.41. The minimum Gasteiger partial charge on any atom is -0.497 e. The number of likely N-dealkylation sites (N-methyl/N-ethyl adjacent to an activating group) is 1. The van der Waals surface area contributed by atoms with Gasteiger partial charge >= 0.3 is 0 Å². The fourth-order valence-electron chi connectivity index (χ4n) is 4.36. The number of hydrogen-bond donors (Lipinski definition) is 0. The lowest BCUT2D eigenvalue weighted by Gasteiger charge is -2.35. The third-order valence-electron chi connectivity index (χ3n) is 6.39. The number of carbonyl (C=O) groups excluding carboxylic acids is 1. The first-order valence-electron chi connectivity index (χ1n) is 11.8. The fourth-order valence-corrected chi connectivity index (χ4v) is 4.71. The van der Waals surface area contributed by atoms with Crippen molar-refractivity contribution in [3.63, 3.8) is 0 Å². The van der Waals surface area contributed by atoms with Gasteiger partial charge in [-0.2, -0.15) is 0 Å². The Kier molecular flexibility index (Phi) is 8.31. The number of benzene rings is 3. The SMILES string of the molecule is COc1ccc(CN(Cc2ccccc2)C(=O)c2ccc(Br)cc2N2CCN(C)CC2)c(OC)c1. The second-order valence-corrected chi connectivity index (χ2v) is 9.69. The van der Waals surface area contributed by atoms with Crippen LogP contribution in [-0.2, 0) is 13.1 Å². The maximum absolute atomic E-state index is 14.1. The average Bonchev–Trinajstić information content (AvgIpc) is 2.89. The molecule has 1 amide bonds. The van der Waals surface area contributed by atoms with Crippen molar-refractivity contribution < 1.29 is 14.3 Å². The highest BCUT2D eigenvalue weighted by molar-refractivity contribution is 9.10. The van der Waals surface area contributed by atoms with Crippen LogP contribution in [-0.4, -0.2) is 63.2 Å². The standard InChI is InChI=1S/C28H32BrN3O3/c1-30-13-15-31(16-14-30)26-17-23(29)10-12-25(26)28(33)32(19-21-7-5-4-6-8-21)20-22-9-11-24(34-2)18-27(22)35-3/h4-12,17-18H,13-16,19-20H2,1-3H3. The van der Waals surface area contributed by atoms with Crippen molar-refractivity contribution in [2.24, 2.45) is 0 Å². The Hall–Kier alpha value is -3.03. The first kappa shape index (κ1) is 25.1. The molecule has 0 spiro atoms. The molecule has 1 fully saturated rings. The van der Waals surface area contributed by atoms with Crippen molar-refractivity contribution in [1.82, 2.24) is 9.80 Å². The number of rotatable bonds is 8. The van der Waals surface area contributed by atoms with Crippen LogP contribution in [0.2, 0.25) is 0 Å². The molecule has 3 aromatic carbocycles. The monoisotopic (exact) mass is 537 g/mol. The molecule has 184 valence electrons. The normalized spacial score (nSPS) is 14.0. The first-order valence-corrected chi connectivity index (χ1v) is 12.5. The number of anilines is 1. The van der Waals surface area contributed by atoms with Crippen LogP contribution in [0.3, 0.4) is 0 Å². The van der Waals surface area contributed by atoms with E-state index in [2.05, 4.69) is 51.0 Å². The van der Waals surface area contributed by atoms with Gasteiger partial charge in [0.1, 0.15) is 11.5 Å². The number of carbonyl (C=O) groups is 1. The van der Waals surface area contributed by atoms with E-state index in [0.717, 1.165) is 53.2 Å². The predicted molar refractivity (Wildman–Crippen MR) is 143 cm³/mol. The molecule has 6 nitrogen and oxygen atoms in total. The Labute approximate surface area is 216 Å². The van der Waals surface area contributed by atoms with Crippen LogP contribution < -0.4 is 14.4 Å². The van der Waals surface area contributed by atoms with Crippen LogP contribution in [0.5, 0.6) is 11.5 Å². The fraction of sp³-hybridized carbons (Fsp3) is 0.321. The molecular formula is C28H32BrN3O3. The van der Waals surface area contributed by atoms with E-state index in [9.17, 15) is 4.79 Å². The molecule has 1 heterocycles. The Bertz CT molecular complexity index is 1150. The molecule has 3 aromatic rings. The molecule has 0 bridgehead atoms. The average molecular weight is 538 g/mol. The number of halogens is 1. The molecule has 7 heteroatoms. The molecule has 0 atom stereocenters. The maximum atomic E-state index is 14.1. The first-order chi connectivity index (χ1) is 17.0. The van der Waals surface area contributed by atoms with E-state index in [0.29, 0.717) is 24.4 Å². The summed E-state index contributed by atoms with van der Waals surface area (Å²) in [6.45, 7) is 4.62. The van der Waals surface area contributed by atoms with Gasteiger partial charge in [0.2, 0.25) is 0 Å². The largest absolute Gasteiger partial charge is 0.497 e. The van der Waals surface area contributed by atoms with E-state index >= 15 is 0 Å². The molecular weight excluding hydrogens is 506 g/mol. The number of hydrogen-bond acceptors (Lipinski definition) is 5. The van der Waals surface area contributed by atoms with Gasteiger partial charge in [-0.25, -0.2) is 0 Å². The predicted octanol–water partition coefficient (Wildman–Crippen LogP) is 5.06. The van der Waals surface area contributed by atoms with E-state index in [4.69, 9.17) is 9.47 Å². The Morgan fingerprint density at radius 1 is 0.914 bits per heavy atom. The molecule has 0 unspecified atom stereocenters. The van der Waals surface area contributed by atoms with Crippen molar-refractivity contribution >= 4 is 27.5 Å². The number of nitrogens with zero attached hydrogens (tertiary/aromatic N) is 3. The van der Waals surface area contributed by atoms with E-state index in [1.807, 2.05) is 53.4 Å². The number of amides is 1. The van der Waals surface area contributed by atoms with Crippen LogP contribution in [0, 0.1) is 0 Å². The van der Waals surface area contributed by atoms with Gasteiger partial charge in [0.05, 0.1) is 25.5 Å². The van der Waals surface area contributed by atoms with Crippen LogP contribution in [0.4, 0.5) is 5.69 Å². The lowest BCUT2D eigenvalue weighted by molar-refractivity contribution is 0.0729. The summed E-state index contributed by atoms with van der Waals surface area (Å²) in [4.78, 5) is 20.6. The Morgan fingerprint density at radius 3 is 2.34 bits per heavy atom. The van der Waals surface area contributed by atoms with Crippen molar-refractivity contribution in [1.29, 1.82) is 0 Å². The van der Waals surface area contributed by atoms with E-state index in [1.54, 1.807) is 14.2 Å². The minimum absolute atomic E-state index is 0.00634. The van der Waals surface area contributed by atoms with Crippen molar-refractivity contribution in [2.75, 3.05) is 52.3 Å². The van der Waals surface area contributed by atoms with E-state index in [1.165, 1.54) is 0 Å². The van der Waals surface area contributed by atoms with Gasteiger partial charge < -0.3 is 24.2 Å². The molecule has 0 saturated carbocycles. The maximum Gasteiger partial charge on any atom is 0.256 e. The highest BCUT2D eigenvalue weighted by Gasteiger charge is 2.25. The van der Waals surface area contributed by atoms with Gasteiger partial charge in [-0.05, 0) is 42.9 Å². The molecule has 4 rings (SSSR count). The van der Waals surface area contributed by atoms with E-state index in [-0.39, 0.29) is 5.91 Å². The summed E-state index contributed by atoms with van der Waals surface area (Å²) >= 11 is 3.61. The highest BCUT2D eigenvalue weighted by Crippen LogP contribution is 2.30. The molecule has 0 radical (unpaired) electrons. The topological polar surface area (TPSA) is 45.2 Å². The molecule has 1 aliphatic rings. The van der Waals surface area contributed by atoms with Crippen molar-refractivity contribution in [2.45, 2.75) is 13.1 Å². The number of piperazine rings is 1. The third-order valence-corrected chi connectivity index (χ3v) is 6.89. The zero-order chi connectivity index (χ0) is 24.8.